The number of halogens is 1. The number of aryl methyl sites for hydroxylation is 2. The molecule has 0 unspecified atom stereocenters. The molecule has 12 heavy (non-hydrogen) atoms. The highest BCUT2D eigenvalue weighted by molar-refractivity contribution is 9.10. The van der Waals surface area contributed by atoms with E-state index in [9.17, 15) is 0 Å². The molecule has 0 aliphatic carbocycles. The fourth-order valence-corrected chi connectivity index (χ4v) is 2.03. The quantitative estimate of drug-likeness (QED) is 0.755. The zero-order valence-electron chi connectivity index (χ0n) is 7.65. The van der Waals surface area contributed by atoms with Crippen LogP contribution in [0, 0.1) is 6.92 Å². The maximum absolute atomic E-state index is 5.23. The van der Waals surface area contributed by atoms with Crippen LogP contribution >= 0.6 is 15.9 Å². The van der Waals surface area contributed by atoms with Crippen molar-refractivity contribution in [2.45, 2.75) is 20.3 Å². The van der Waals surface area contributed by atoms with E-state index in [1.807, 2.05) is 0 Å². The lowest BCUT2D eigenvalue weighted by atomic mass is 10.1. The Labute approximate surface area is 81.9 Å². The van der Waals surface area contributed by atoms with Gasteiger partial charge in [0.25, 0.3) is 0 Å². The molecule has 2 heteroatoms. The molecule has 0 amide bonds. The van der Waals surface area contributed by atoms with Crippen LogP contribution < -0.4 is 4.74 Å². The average Bonchev–Trinajstić information content (AvgIpc) is 2.03. The summed E-state index contributed by atoms with van der Waals surface area (Å²) >= 11 is 3.47. The van der Waals surface area contributed by atoms with Crippen LogP contribution in [0.4, 0.5) is 0 Å². The summed E-state index contributed by atoms with van der Waals surface area (Å²) in [6.07, 6.45) is 1.06. The second-order valence-corrected chi connectivity index (χ2v) is 3.64. The third-order valence-corrected chi connectivity index (χ3v) is 2.49. The van der Waals surface area contributed by atoms with Crippen LogP contribution in [0.2, 0.25) is 0 Å². The molecule has 66 valence electrons. The summed E-state index contributed by atoms with van der Waals surface area (Å²) in [6.45, 7) is 4.20. The van der Waals surface area contributed by atoms with Crippen LogP contribution in [-0.2, 0) is 6.42 Å². The molecule has 0 heterocycles. The minimum Gasteiger partial charge on any atom is -0.495 e. The molecule has 0 aromatic heterocycles. The van der Waals surface area contributed by atoms with Gasteiger partial charge in [0.15, 0.2) is 0 Å². The van der Waals surface area contributed by atoms with Crippen molar-refractivity contribution >= 4 is 15.9 Å². The monoisotopic (exact) mass is 228 g/mol. The van der Waals surface area contributed by atoms with E-state index >= 15 is 0 Å². The number of methoxy groups -OCH3 is 1. The van der Waals surface area contributed by atoms with Gasteiger partial charge in [-0.2, -0.15) is 0 Å². The number of rotatable bonds is 2. The van der Waals surface area contributed by atoms with E-state index in [-0.39, 0.29) is 0 Å². The van der Waals surface area contributed by atoms with E-state index in [1.54, 1.807) is 7.11 Å². The molecule has 0 spiro atoms. The lowest BCUT2D eigenvalue weighted by Gasteiger charge is -2.08. The van der Waals surface area contributed by atoms with E-state index in [2.05, 4.69) is 41.9 Å². The Morgan fingerprint density at radius 2 is 2.08 bits per heavy atom. The van der Waals surface area contributed by atoms with Crippen molar-refractivity contribution in [1.82, 2.24) is 0 Å². The summed E-state index contributed by atoms with van der Waals surface area (Å²) in [6, 6.07) is 4.26. The van der Waals surface area contributed by atoms with Gasteiger partial charge in [-0.3, -0.25) is 0 Å². The van der Waals surface area contributed by atoms with Gasteiger partial charge in [0.1, 0.15) is 5.75 Å². The van der Waals surface area contributed by atoms with Crippen LogP contribution in [0.25, 0.3) is 0 Å². The van der Waals surface area contributed by atoms with Crippen LogP contribution in [0.1, 0.15) is 18.1 Å². The topological polar surface area (TPSA) is 9.23 Å². The molecule has 0 bridgehead atoms. The Balaban J connectivity index is 3.18. The van der Waals surface area contributed by atoms with Gasteiger partial charge in [0.2, 0.25) is 0 Å². The third-order valence-electron chi connectivity index (χ3n) is 1.90. The van der Waals surface area contributed by atoms with Gasteiger partial charge in [-0.15, -0.1) is 0 Å². The number of ether oxygens (including phenoxy) is 1. The molecule has 1 aromatic carbocycles. The van der Waals surface area contributed by atoms with Crippen molar-refractivity contribution in [3.05, 3.63) is 27.7 Å². The van der Waals surface area contributed by atoms with Gasteiger partial charge in [-0.1, -0.05) is 13.0 Å². The van der Waals surface area contributed by atoms with Crippen molar-refractivity contribution < 1.29 is 4.74 Å². The van der Waals surface area contributed by atoms with Gasteiger partial charge < -0.3 is 4.74 Å². The fourth-order valence-electron chi connectivity index (χ4n) is 1.26. The summed E-state index contributed by atoms with van der Waals surface area (Å²) < 4.78 is 6.27. The number of benzene rings is 1. The van der Waals surface area contributed by atoms with Gasteiger partial charge >= 0.3 is 0 Å². The first kappa shape index (κ1) is 9.59. The molecule has 0 saturated carbocycles. The predicted octanol–water partition coefficient (Wildman–Crippen LogP) is 3.33. The first-order chi connectivity index (χ1) is 5.69. The molecule has 0 saturated heterocycles. The molecule has 0 N–H and O–H groups in total. The Morgan fingerprint density at radius 3 is 2.50 bits per heavy atom. The van der Waals surface area contributed by atoms with E-state index in [0.717, 1.165) is 16.6 Å². The summed E-state index contributed by atoms with van der Waals surface area (Å²) in [4.78, 5) is 0. The van der Waals surface area contributed by atoms with Crippen molar-refractivity contribution in [1.29, 1.82) is 0 Å². The second-order valence-electron chi connectivity index (χ2n) is 2.78. The molecule has 0 radical (unpaired) electrons. The first-order valence-electron chi connectivity index (χ1n) is 4.02. The van der Waals surface area contributed by atoms with E-state index < -0.39 is 0 Å². The highest BCUT2D eigenvalue weighted by Crippen LogP contribution is 2.29. The lowest BCUT2D eigenvalue weighted by molar-refractivity contribution is 0.409. The lowest BCUT2D eigenvalue weighted by Crippen LogP contribution is -1.91. The summed E-state index contributed by atoms with van der Waals surface area (Å²) in [7, 11) is 1.69. The minimum atomic E-state index is 0.937. The van der Waals surface area contributed by atoms with Crippen molar-refractivity contribution in [3.8, 4) is 5.75 Å². The van der Waals surface area contributed by atoms with Crippen molar-refractivity contribution in [2.75, 3.05) is 7.11 Å². The van der Waals surface area contributed by atoms with Gasteiger partial charge in [-0.05, 0) is 46.5 Å². The molecule has 1 aromatic rings. The zero-order valence-corrected chi connectivity index (χ0v) is 9.23. The molecular formula is C10H13BrO. The Morgan fingerprint density at radius 1 is 1.42 bits per heavy atom. The summed E-state index contributed by atoms with van der Waals surface area (Å²) in [5.74, 6) is 0.937. The van der Waals surface area contributed by atoms with Gasteiger partial charge in [0, 0.05) is 0 Å². The molecule has 0 fully saturated rings. The molecule has 1 nitrogen and oxygen atoms in total. The highest BCUT2D eigenvalue weighted by atomic mass is 79.9. The molecule has 0 aliphatic rings. The summed E-state index contributed by atoms with van der Waals surface area (Å²) in [5.41, 5.74) is 2.52. The minimum absolute atomic E-state index is 0.937. The Kier molecular flexibility index (Phi) is 3.15. The smallest absolute Gasteiger partial charge is 0.135 e. The van der Waals surface area contributed by atoms with E-state index in [0.29, 0.717) is 0 Å². The van der Waals surface area contributed by atoms with Crippen LogP contribution in [0.3, 0.4) is 0 Å². The zero-order chi connectivity index (χ0) is 9.14. The number of hydrogen-bond acceptors (Lipinski definition) is 1. The third kappa shape index (κ3) is 1.81. The summed E-state index contributed by atoms with van der Waals surface area (Å²) in [5, 5.41) is 0. The largest absolute Gasteiger partial charge is 0.495 e. The normalized spacial score (nSPS) is 10.0. The van der Waals surface area contributed by atoms with Crippen molar-refractivity contribution in [3.63, 3.8) is 0 Å². The van der Waals surface area contributed by atoms with Gasteiger partial charge in [0.05, 0.1) is 11.6 Å². The van der Waals surface area contributed by atoms with Gasteiger partial charge in [-0.25, -0.2) is 0 Å². The first-order valence-corrected chi connectivity index (χ1v) is 4.81. The van der Waals surface area contributed by atoms with E-state index in [1.165, 1.54) is 11.1 Å². The van der Waals surface area contributed by atoms with Crippen LogP contribution in [-0.4, -0.2) is 7.11 Å². The maximum atomic E-state index is 5.23. The molecule has 1 rings (SSSR count). The Hall–Kier alpha value is -0.500. The SMILES string of the molecule is CCc1cc(C)c(OC)c(Br)c1. The molecular weight excluding hydrogens is 216 g/mol. The van der Waals surface area contributed by atoms with Crippen LogP contribution in [0.5, 0.6) is 5.75 Å². The maximum Gasteiger partial charge on any atom is 0.135 e. The van der Waals surface area contributed by atoms with Crippen LogP contribution in [0.15, 0.2) is 16.6 Å². The molecule has 0 aliphatic heterocycles. The average molecular weight is 229 g/mol. The van der Waals surface area contributed by atoms with Crippen molar-refractivity contribution in [2.24, 2.45) is 0 Å². The highest BCUT2D eigenvalue weighted by Gasteiger charge is 2.04. The Bertz CT molecular complexity index is 258. The standard InChI is InChI=1S/C10H13BrO/c1-4-8-5-7(2)10(12-3)9(11)6-8/h5-6H,4H2,1-3H3. The second kappa shape index (κ2) is 3.94. The fraction of sp³-hybridized carbons (Fsp3) is 0.400. The van der Waals surface area contributed by atoms with E-state index in [4.69, 9.17) is 4.74 Å². The molecule has 0 atom stereocenters. The number of hydrogen-bond donors (Lipinski definition) is 0. The predicted molar refractivity (Wildman–Crippen MR) is 54.8 cm³/mol.